The van der Waals surface area contributed by atoms with Gasteiger partial charge in [-0.3, -0.25) is 9.59 Å². The molecule has 0 aromatic heterocycles. The molecule has 2 unspecified atom stereocenters. The number of carbonyl (C=O) groups excluding carboxylic acids is 2. The summed E-state index contributed by atoms with van der Waals surface area (Å²) in [5.41, 5.74) is 1.41. The molecule has 2 fully saturated rings. The van der Waals surface area contributed by atoms with Crippen molar-refractivity contribution in [1.29, 1.82) is 0 Å². The van der Waals surface area contributed by atoms with Crippen molar-refractivity contribution in [1.82, 2.24) is 10.2 Å². The average molecular weight is 473 g/mol. The van der Waals surface area contributed by atoms with E-state index in [0.717, 1.165) is 18.4 Å². The molecule has 7 nitrogen and oxygen atoms in total. The number of nitrogens with zero attached hydrogens (tertiary/aromatic N) is 1. The molecule has 33 heavy (non-hydrogen) atoms. The van der Waals surface area contributed by atoms with Crippen LogP contribution in [0.25, 0.3) is 0 Å². The molecule has 0 spiro atoms. The van der Waals surface area contributed by atoms with Gasteiger partial charge in [0.05, 0.1) is 27.2 Å². The molecule has 1 N–H and O–H groups in total. The number of hydrogen-bond acceptors (Lipinski definition) is 5. The van der Waals surface area contributed by atoms with Crippen LogP contribution in [0.3, 0.4) is 0 Å². The maximum atomic E-state index is 13.2. The molecular formula is C25H29ClN2O5. The maximum absolute atomic E-state index is 13.2. The molecule has 2 aliphatic rings. The van der Waals surface area contributed by atoms with E-state index >= 15 is 0 Å². The van der Waals surface area contributed by atoms with Gasteiger partial charge in [0, 0.05) is 36.1 Å². The Kier molecular flexibility index (Phi) is 6.98. The van der Waals surface area contributed by atoms with Crippen molar-refractivity contribution in [3.8, 4) is 17.2 Å². The lowest BCUT2D eigenvalue weighted by Gasteiger charge is -2.21. The van der Waals surface area contributed by atoms with Gasteiger partial charge in [-0.15, -0.1) is 0 Å². The van der Waals surface area contributed by atoms with Crippen molar-refractivity contribution < 1.29 is 23.8 Å². The van der Waals surface area contributed by atoms with E-state index in [1.54, 1.807) is 50.5 Å². The van der Waals surface area contributed by atoms with E-state index in [2.05, 4.69) is 5.32 Å². The molecular weight excluding hydrogens is 444 g/mol. The van der Waals surface area contributed by atoms with Crippen LogP contribution >= 0.6 is 11.6 Å². The number of hydrogen-bond donors (Lipinski definition) is 1. The van der Waals surface area contributed by atoms with Gasteiger partial charge in [0.2, 0.25) is 11.7 Å². The second-order valence-corrected chi connectivity index (χ2v) is 9.01. The first kappa shape index (κ1) is 23.2. The zero-order chi connectivity index (χ0) is 23.5. The molecule has 2 aromatic carbocycles. The van der Waals surface area contributed by atoms with Crippen LogP contribution in [0, 0.1) is 11.8 Å². The van der Waals surface area contributed by atoms with Crippen LogP contribution in [0.15, 0.2) is 36.4 Å². The largest absolute Gasteiger partial charge is 0.493 e. The van der Waals surface area contributed by atoms with Gasteiger partial charge in [0.15, 0.2) is 11.5 Å². The topological polar surface area (TPSA) is 77.1 Å². The summed E-state index contributed by atoms with van der Waals surface area (Å²) >= 11 is 5.98. The Bertz CT molecular complexity index is 997. The first-order valence-electron chi connectivity index (χ1n) is 11.1. The standard InChI is InChI=1S/C25H29ClN2O5/c1-31-21-10-17(11-22(32-2)23(21)33-3)19-13-28(25(30)16-6-8-18(26)9-7-16)14-20(19)24(29)27-12-15-4-5-15/h6-11,15,19-20H,4-5,12-14H2,1-3H3,(H,27,29). The Labute approximate surface area is 198 Å². The summed E-state index contributed by atoms with van der Waals surface area (Å²) in [7, 11) is 4.67. The summed E-state index contributed by atoms with van der Waals surface area (Å²) in [6, 6.07) is 10.5. The fourth-order valence-corrected chi connectivity index (χ4v) is 4.49. The van der Waals surface area contributed by atoms with Crippen LogP contribution in [-0.2, 0) is 4.79 Å². The fraction of sp³-hybridized carbons (Fsp3) is 0.440. The minimum Gasteiger partial charge on any atom is -0.493 e. The van der Waals surface area contributed by atoms with Crippen LogP contribution in [0.5, 0.6) is 17.2 Å². The summed E-state index contributed by atoms with van der Waals surface area (Å²) in [6.07, 6.45) is 2.31. The molecule has 8 heteroatoms. The summed E-state index contributed by atoms with van der Waals surface area (Å²) in [6.45, 7) is 1.42. The number of methoxy groups -OCH3 is 3. The fourth-order valence-electron chi connectivity index (χ4n) is 4.36. The van der Waals surface area contributed by atoms with Crippen LogP contribution < -0.4 is 19.5 Å². The summed E-state index contributed by atoms with van der Waals surface area (Å²) in [4.78, 5) is 28.1. The Balaban J connectivity index is 1.64. The van der Waals surface area contributed by atoms with Crippen LogP contribution in [0.2, 0.25) is 5.02 Å². The van der Waals surface area contributed by atoms with E-state index in [9.17, 15) is 9.59 Å². The van der Waals surface area contributed by atoms with E-state index in [1.807, 2.05) is 12.1 Å². The molecule has 0 bridgehead atoms. The normalized spacial score (nSPS) is 19.8. The third kappa shape index (κ3) is 5.03. The highest BCUT2D eigenvalue weighted by Gasteiger charge is 2.41. The second-order valence-electron chi connectivity index (χ2n) is 8.58. The molecule has 1 heterocycles. The molecule has 0 radical (unpaired) electrons. The molecule has 2 aromatic rings. The molecule has 1 saturated carbocycles. The maximum Gasteiger partial charge on any atom is 0.253 e. The van der Waals surface area contributed by atoms with E-state index in [-0.39, 0.29) is 23.7 Å². The van der Waals surface area contributed by atoms with E-state index in [0.29, 0.717) is 53.4 Å². The number of benzene rings is 2. The van der Waals surface area contributed by atoms with E-state index in [4.69, 9.17) is 25.8 Å². The van der Waals surface area contributed by atoms with E-state index < -0.39 is 0 Å². The molecule has 176 valence electrons. The lowest BCUT2D eigenvalue weighted by atomic mass is 9.88. The SMILES string of the molecule is COc1cc(C2CN(C(=O)c3ccc(Cl)cc3)CC2C(=O)NCC2CC2)cc(OC)c1OC. The van der Waals surface area contributed by atoms with Gasteiger partial charge < -0.3 is 24.4 Å². The van der Waals surface area contributed by atoms with E-state index in [1.165, 1.54) is 0 Å². The lowest BCUT2D eigenvalue weighted by molar-refractivity contribution is -0.125. The first-order valence-corrected chi connectivity index (χ1v) is 11.4. The minimum absolute atomic E-state index is 0.0351. The highest BCUT2D eigenvalue weighted by molar-refractivity contribution is 6.30. The molecule has 4 rings (SSSR count). The summed E-state index contributed by atoms with van der Waals surface area (Å²) in [5, 5.41) is 3.66. The highest BCUT2D eigenvalue weighted by atomic mass is 35.5. The number of amides is 2. The minimum atomic E-state index is -0.386. The van der Waals surface area contributed by atoms with Crippen molar-refractivity contribution in [3.05, 3.63) is 52.5 Å². The summed E-state index contributed by atoms with van der Waals surface area (Å²) < 4.78 is 16.5. The number of ether oxygens (including phenoxy) is 3. The molecule has 2 amide bonds. The van der Waals surface area contributed by atoms with Gasteiger partial charge in [-0.2, -0.15) is 0 Å². The third-order valence-electron chi connectivity index (χ3n) is 6.41. The molecule has 1 aliphatic heterocycles. The Morgan fingerprint density at radius 1 is 1.00 bits per heavy atom. The van der Waals surface area contributed by atoms with Gasteiger partial charge in [-0.1, -0.05) is 11.6 Å². The van der Waals surface area contributed by atoms with Crippen molar-refractivity contribution >= 4 is 23.4 Å². The second kappa shape index (κ2) is 9.91. The van der Waals surface area contributed by atoms with Gasteiger partial charge >= 0.3 is 0 Å². The smallest absolute Gasteiger partial charge is 0.253 e. The van der Waals surface area contributed by atoms with Crippen molar-refractivity contribution in [2.75, 3.05) is 41.0 Å². The number of carbonyl (C=O) groups is 2. The Hall–Kier alpha value is -2.93. The van der Waals surface area contributed by atoms with Crippen molar-refractivity contribution in [2.24, 2.45) is 11.8 Å². The zero-order valence-electron chi connectivity index (χ0n) is 19.1. The number of rotatable bonds is 8. The monoisotopic (exact) mass is 472 g/mol. The number of nitrogens with one attached hydrogen (secondary N) is 1. The molecule has 2 atom stereocenters. The van der Waals surface area contributed by atoms with Gasteiger partial charge in [0.1, 0.15) is 0 Å². The Morgan fingerprint density at radius 3 is 2.18 bits per heavy atom. The van der Waals surface area contributed by atoms with Crippen LogP contribution in [-0.4, -0.2) is 57.7 Å². The molecule has 1 saturated heterocycles. The Morgan fingerprint density at radius 2 is 1.64 bits per heavy atom. The highest BCUT2D eigenvalue weighted by Crippen LogP contribution is 2.43. The van der Waals surface area contributed by atoms with Gasteiger partial charge in [-0.05, 0) is 60.7 Å². The predicted octanol–water partition coefficient (Wildman–Crippen LogP) is 3.75. The van der Waals surface area contributed by atoms with Gasteiger partial charge in [-0.25, -0.2) is 0 Å². The summed E-state index contributed by atoms with van der Waals surface area (Å²) in [5.74, 6) is 1.34. The molecule has 1 aliphatic carbocycles. The number of likely N-dealkylation sites (tertiary alicyclic amines) is 1. The zero-order valence-corrected chi connectivity index (χ0v) is 19.9. The lowest BCUT2D eigenvalue weighted by Crippen LogP contribution is -2.36. The number of halogens is 1. The predicted molar refractivity (Wildman–Crippen MR) is 125 cm³/mol. The van der Waals surface area contributed by atoms with Crippen molar-refractivity contribution in [3.63, 3.8) is 0 Å². The third-order valence-corrected chi connectivity index (χ3v) is 6.66. The van der Waals surface area contributed by atoms with Gasteiger partial charge in [0.25, 0.3) is 5.91 Å². The van der Waals surface area contributed by atoms with Crippen LogP contribution in [0.4, 0.5) is 0 Å². The van der Waals surface area contributed by atoms with Crippen LogP contribution in [0.1, 0.15) is 34.7 Å². The average Bonchev–Trinajstić information content (AvgIpc) is 3.57. The first-order chi connectivity index (χ1) is 15.9. The quantitative estimate of drug-likeness (QED) is 0.633. The van der Waals surface area contributed by atoms with Crippen molar-refractivity contribution in [2.45, 2.75) is 18.8 Å².